The fourth-order valence-corrected chi connectivity index (χ4v) is 3.34. The first-order valence-corrected chi connectivity index (χ1v) is 9.18. The van der Waals surface area contributed by atoms with Crippen LogP contribution in [0.3, 0.4) is 0 Å². The summed E-state index contributed by atoms with van der Waals surface area (Å²) in [5.41, 5.74) is 2.71. The molecule has 5 nitrogen and oxygen atoms in total. The molecule has 2 aromatic carbocycles. The molecular formula is C20H18Cl2N2O3. The Kier molecular flexibility index (Phi) is 5.53. The third-order valence-electron chi connectivity index (χ3n) is 4.65. The Hall–Kier alpha value is -2.37. The van der Waals surface area contributed by atoms with Gasteiger partial charge < -0.3 is 10.2 Å². The van der Waals surface area contributed by atoms with E-state index in [4.69, 9.17) is 23.2 Å². The molecule has 0 spiro atoms. The Bertz CT molecular complexity index is 929. The van der Waals surface area contributed by atoms with Gasteiger partial charge in [0.1, 0.15) is 5.92 Å². The van der Waals surface area contributed by atoms with Crippen molar-refractivity contribution in [1.82, 2.24) is 10.2 Å². The number of ketones is 1. The van der Waals surface area contributed by atoms with Crippen LogP contribution in [-0.2, 0) is 14.4 Å². The van der Waals surface area contributed by atoms with E-state index in [9.17, 15) is 14.4 Å². The van der Waals surface area contributed by atoms with Crippen LogP contribution in [0.1, 0.15) is 18.5 Å². The summed E-state index contributed by atoms with van der Waals surface area (Å²) in [4.78, 5) is 37.2. The van der Waals surface area contributed by atoms with Crippen LogP contribution in [0.25, 0.3) is 11.1 Å². The molecule has 0 aliphatic carbocycles. The number of hydrogen-bond acceptors (Lipinski definition) is 3. The average Bonchev–Trinajstić information content (AvgIpc) is 2.91. The van der Waals surface area contributed by atoms with Crippen LogP contribution in [0.2, 0.25) is 10.0 Å². The Morgan fingerprint density at radius 2 is 1.81 bits per heavy atom. The van der Waals surface area contributed by atoms with Gasteiger partial charge in [0.05, 0.1) is 16.1 Å². The summed E-state index contributed by atoms with van der Waals surface area (Å²) in [7, 11) is 1.51. The molecule has 0 bridgehead atoms. The molecule has 1 unspecified atom stereocenters. The maximum Gasteiger partial charge on any atom is 0.290 e. The number of benzene rings is 2. The van der Waals surface area contributed by atoms with Gasteiger partial charge in [0.2, 0.25) is 11.7 Å². The largest absolute Gasteiger partial charge is 0.349 e. The maximum atomic E-state index is 12.4. The zero-order chi connectivity index (χ0) is 19.7. The van der Waals surface area contributed by atoms with E-state index in [0.29, 0.717) is 10.0 Å². The third-order valence-corrected chi connectivity index (χ3v) is 5.38. The van der Waals surface area contributed by atoms with E-state index in [0.717, 1.165) is 16.7 Å². The number of rotatable bonds is 4. The fraction of sp³-hybridized carbons (Fsp3) is 0.250. The molecule has 27 heavy (non-hydrogen) atoms. The number of hydrogen-bond donors (Lipinski definition) is 1. The molecule has 0 aromatic heterocycles. The van der Waals surface area contributed by atoms with Gasteiger partial charge in [-0.1, -0.05) is 47.5 Å². The van der Waals surface area contributed by atoms with Crippen molar-refractivity contribution in [3.63, 3.8) is 0 Å². The Morgan fingerprint density at radius 1 is 1.11 bits per heavy atom. The summed E-state index contributed by atoms with van der Waals surface area (Å²) in [6.45, 7) is 1.94. The van der Waals surface area contributed by atoms with Crippen LogP contribution in [0, 0.1) is 5.92 Å². The molecule has 7 heteroatoms. The lowest BCUT2D eigenvalue weighted by Crippen LogP contribution is -2.37. The van der Waals surface area contributed by atoms with Crippen LogP contribution in [-0.4, -0.2) is 36.1 Å². The molecule has 3 rings (SSSR count). The summed E-state index contributed by atoms with van der Waals surface area (Å²) in [5.74, 6) is -2.68. The Balaban J connectivity index is 1.76. The van der Waals surface area contributed by atoms with Crippen molar-refractivity contribution in [3.05, 3.63) is 58.1 Å². The van der Waals surface area contributed by atoms with Gasteiger partial charge in [-0.05, 0) is 41.8 Å². The lowest BCUT2D eigenvalue weighted by molar-refractivity contribution is -0.142. The second-order valence-electron chi connectivity index (χ2n) is 6.59. The second-order valence-corrected chi connectivity index (χ2v) is 7.40. The van der Waals surface area contributed by atoms with Crippen molar-refractivity contribution in [1.29, 1.82) is 0 Å². The van der Waals surface area contributed by atoms with Gasteiger partial charge in [-0.2, -0.15) is 0 Å². The van der Waals surface area contributed by atoms with Crippen LogP contribution in [0.15, 0.2) is 42.5 Å². The molecule has 1 aliphatic heterocycles. The van der Waals surface area contributed by atoms with Crippen molar-refractivity contribution < 1.29 is 14.4 Å². The zero-order valence-electron chi connectivity index (χ0n) is 14.8. The van der Waals surface area contributed by atoms with Gasteiger partial charge in [0, 0.05) is 13.6 Å². The molecule has 2 aromatic rings. The monoisotopic (exact) mass is 404 g/mol. The number of likely N-dealkylation sites (tertiary alicyclic amines) is 1. The standard InChI is InChI=1S/C20H18Cl2N2O3/c1-11(23-19(26)15-10-24(2)20(27)18(15)25)12-4-3-5-13(8-12)14-6-7-16(21)17(22)9-14/h3-9,11,15H,10H2,1-2H3,(H,23,26)/t11-,15?/m1/s1. The molecular weight excluding hydrogens is 387 g/mol. The average molecular weight is 405 g/mol. The van der Waals surface area contributed by atoms with Gasteiger partial charge in [-0.3, -0.25) is 14.4 Å². The summed E-state index contributed by atoms with van der Waals surface area (Å²) < 4.78 is 0. The number of likely N-dealkylation sites (N-methyl/N-ethyl adjacent to an activating group) is 1. The second kappa shape index (κ2) is 7.71. The summed E-state index contributed by atoms with van der Waals surface area (Å²) in [6.07, 6.45) is 0. The van der Waals surface area contributed by atoms with Crippen molar-refractivity contribution in [2.24, 2.45) is 5.92 Å². The first-order valence-electron chi connectivity index (χ1n) is 8.43. The highest BCUT2D eigenvalue weighted by atomic mass is 35.5. The topological polar surface area (TPSA) is 66.5 Å². The molecule has 0 radical (unpaired) electrons. The minimum absolute atomic E-state index is 0.111. The molecule has 1 saturated heterocycles. The molecule has 1 aliphatic rings. The lowest BCUT2D eigenvalue weighted by Gasteiger charge is -2.17. The normalized spacial score (nSPS) is 17.9. The molecule has 140 valence electrons. The molecule has 1 fully saturated rings. The third kappa shape index (κ3) is 3.99. The molecule has 0 saturated carbocycles. The van der Waals surface area contributed by atoms with E-state index in [2.05, 4.69) is 5.32 Å². The summed E-state index contributed by atoms with van der Waals surface area (Å²) in [5, 5.41) is 3.77. The first-order chi connectivity index (χ1) is 12.8. The van der Waals surface area contributed by atoms with Crippen molar-refractivity contribution in [2.45, 2.75) is 13.0 Å². The van der Waals surface area contributed by atoms with Gasteiger partial charge in [-0.15, -0.1) is 0 Å². The number of Topliss-reactive ketones (excluding diaryl/α,β-unsaturated/α-hetero) is 1. The number of nitrogens with one attached hydrogen (secondary N) is 1. The van der Waals surface area contributed by atoms with E-state index < -0.39 is 23.5 Å². The van der Waals surface area contributed by atoms with Crippen molar-refractivity contribution >= 4 is 40.8 Å². The van der Waals surface area contributed by atoms with E-state index >= 15 is 0 Å². The smallest absolute Gasteiger partial charge is 0.290 e. The number of nitrogens with zero attached hydrogens (tertiary/aromatic N) is 1. The lowest BCUT2D eigenvalue weighted by atomic mass is 9.99. The SMILES string of the molecule is C[C@@H](NC(=O)C1CN(C)C(=O)C1=O)c1cccc(-c2ccc(Cl)c(Cl)c2)c1. The predicted molar refractivity (Wildman–Crippen MR) is 105 cm³/mol. The van der Waals surface area contributed by atoms with E-state index in [1.54, 1.807) is 12.1 Å². The zero-order valence-corrected chi connectivity index (χ0v) is 16.3. The maximum absolute atomic E-state index is 12.4. The van der Waals surface area contributed by atoms with E-state index in [1.165, 1.54) is 11.9 Å². The first kappa shape index (κ1) is 19.4. The number of halogens is 2. The van der Waals surface area contributed by atoms with Gasteiger partial charge in [0.25, 0.3) is 5.91 Å². The van der Waals surface area contributed by atoms with Crippen LogP contribution in [0.5, 0.6) is 0 Å². The number of carbonyl (C=O) groups is 3. The quantitative estimate of drug-likeness (QED) is 0.626. The van der Waals surface area contributed by atoms with Crippen molar-refractivity contribution in [2.75, 3.05) is 13.6 Å². The van der Waals surface area contributed by atoms with Gasteiger partial charge >= 0.3 is 0 Å². The highest BCUT2D eigenvalue weighted by Gasteiger charge is 2.41. The molecule has 2 amide bonds. The Morgan fingerprint density at radius 3 is 2.44 bits per heavy atom. The minimum atomic E-state index is -0.955. The van der Waals surface area contributed by atoms with Crippen LogP contribution < -0.4 is 5.32 Å². The van der Waals surface area contributed by atoms with E-state index in [1.807, 2.05) is 37.3 Å². The minimum Gasteiger partial charge on any atom is -0.349 e. The summed E-state index contributed by atoms with van der Waals surface area (Å²) in [6, 6.07) is 12.7. The molecule has 1 N–H and O–H groups in total. The molecule has 2 atom stereocenters. The summed E-state index contributed by atoms with van der Waals surface area (Å²) >= 11 is 12.1. The van der Waals surface area contributed by atoms with E-state index in [-0.39, 0.29) is 12.6 Å². The number of carbonyl (C=O) groups excluding carboxylic acids is 3. The van der Waals surface area contributed by atoms with Gasteiger partial charge in [-0.25, -0.2) is 0 Å². The predicted octanol–water partition coefficient (Wildman–Crippen LogP) is 3.49. The highest BCUT2D eigenvalue weighted by Crippen LogP contribution is 2.30. The van der Waals surface area contributed by atoms with Crippen molar-refractivity contribution in [3.8, 4) is 11.1 Å². The highest BCUT2D eigenvalue weighted by molar-refractivity contribution is 6.42. The fourth-order valence-electron chi connectivity index (χ4n) is 3.04. The van der Waals surface area contributed by atoms with Crippen LogP contribution in [0.4, 0.5) is 0 Å². The number of amides is 2. The molecule has 1 heterocycles. The van der Waals surface area contributed by atoms with Gasteiger partial charge in [0.15, 0.2) is 0 Å². The Labute approximate surface area is 167 Å². The van der Waals surface area contributed by atoms with Crippen LogP contribution >= 0.6 is 23.2 Å².